The molecule has 192 valence electrons. The number of piperidine rings is 1. The number of fused-ring (bicyclic) bond motifs is 2. The van der Waals surface area contributed by atoms with E-state index in [-0.39, 0.29) is 30.7 Å². The molecule has 6 rings (SSSR count). The first-order chi connectivity index (χ1) is 17.4. The summed E-state index contributed by atoms with van der Waals surface area (Å²) in [6.07, 6.45) is -1.61. The standard InChI is InChI=1S/C27H23F4N3O2S/c1-16-10-24-18(13-32-34(24)21-8-6-20(28)7-9-21)12-22(16)26-15-33(37(2,35)36)14-23(26)25(26)17-4-3-5-19(11-17)27(29,30)31/h3-13,23,25H,14-15H2,1-2H3/t23-,25-,26+/m0/s1. The molecule has 2 heterocycles. The Hall–Kier alpha value is -3.24. The van der Waals surface area contributed by atoms with E-state index in [2.05, 4.69) is 5.10 Å². The van der Waals surface area contributed by atoms with Gasteiger partial charge in [-0.05, 0) is 72.0 Å². The van der Waals surface area contributed by atoms with E-state index in [0.717, 1.165) is 34.4 Å². The van der Waals surface area contributed by atoms with Gasteiger partial charge in [0.15, 0.2) is 0 Å². The predicted octanol–water partition coefficient (Wildman–Crippen LogP) is 5.42. The lowest BCUT2D eigenvalue weighted by Gasteiger charge is -2.24. The molecule has 1 saturated heterocycles. The molecule has 0 N–H and O–H groups in total. The highest BCUT2D eigenvalue weighted by Crippen LogP contribution is 2.70. The maximum Gasteiger partial charge on any atom is 0.416 e. The molecule has 1 aliphatic heterocycles. The minimum absolute atomic E-state index is 0.144. The summed E-state index contributed by atoms with van der Waals surface area (Å²) in [5.41, 5.74) is 2.52. The average molecular weight is 530 g/mol. The summed E-state index contributed by atoms with van der Waals surface area (Å²) in [6.45, 7) is 2.38. The summed E-state index contributed by atoms with van der Waals surface area (Å²) < 4.78 is 81.8. The first-order valence-electron chi connectivity index (χ1n) is 11.8. The van der Waals surface area contributed by atoms with Gasteiger partial charge in [-0.15, -0.1) is 0 Å². The summed E-state index contributed by atoms with van der Waals surface area (Å²) >= 11 is 0. The fourth-order valence-electron chi connectivity index (χ4n) is 6.19. The number of sulfonamides is 1. The number of rotatable bonds is 4. The zero-order chi connectivity index (χ0) is 26.3. The van der Waals surface area contributed by atoms with Crippen LogP contribution in [0.5, 0.6) is 0 Å². The van der Waals surface area contributed by atoms with Crippen molar-refractivity contribution in [3.8, 4) is 5.69 Å². The molecule has 2 aliphatic rings. The number of alkyl halides is 3. The van der Waals surface area contributed by atoms with Gasteiger partial charge in [-0.3, -0.25) is 0 Å². The van der Waals surface area contributed by atoms with Gasteiger partial charge in [-0.25, -0.2) is 21.8 Å². The molecule has 0 radical (unpaired) electrons. The van der Waals surface area contributed by atoms with E-state index in [9.17, 15) is 26.0 Å². The summed E-state index contributed by atoms with van der Waals surface area (Å²) in [5.74, 6) is -0.736. The SMILES string of the molecule is Cc1cc2c(cnn2-c2ccc(F)cc2)cc1[C@]12CN(S(C)(=O)=O)C[C@H]1[C@@H]2c1cccc(C(F)(F)F)c1. The smallest absolute Gasteiger partial charge is 0.233 e. The Labute approximate surface area is 211 Å². The highest BCUT2D eigenvalue weighted by molar-refractivity contribution is 7.88. The first-order valence-corrected chi connectivity index (χ1v) is 13.6. The number of aromatic nitrogens is 2. The Kier molecular flexibility index (Phi) is 5.14. The Bertz CT molecular complexity index is 1650. The Morgan fingerprint density at radius 3 is 2.46 bits per heavy atom. The van der Waals surface area contributed by atoms with Crippen LogP contribution < -0.4 is 0 Å². The van der Waals surface area contributed by atoms with E-state index in [0.29, 0.717) is 11.3 Å². The van der Waals surface area contributed by atoms with Crippen LogP contribution in [0.4, 0.5) is 17.6 Å². The van der Waals surface area contributed by atoms with Crippen LogP contribution in [-0.2, 0) is 21.6 Å². The average Bonchev–Trinajstić information content (AvgIpc) is 3.10. The fraction of sp³-hybridized carbons (Fsp3) is 0.296. The fourth-order valence-corrected chi connectivity index (χ4v) is 7.07. The normalized spacial score (nSPS) is 23.9. The molecule has 4 aromatic rings. The van der Waals surface area contributed by atoms with Gasteiger partial charge in [0.1, 0.15) is 5.82 Å². The van der Waals surface area contributed by atoms with Crippen molar-refractivity contribution in [2.75, 3.05) is 19.3 Å². The number of hydrogen-bond acceptors (Lipinski definition) is 3. The molecule has 10 heteroatoms. The van der Waals surface area contributed by atoms with Crippen LogP contribution in [0.1, 0.15) is 28.2 Å². The molecule has 1 aliphatic carbocycles. The maximum absolute atomic E-state index is 13.5. The monoisotopic (exact) mass is 529 g/mol. The second kappa shape index (κ2) is 7.88. The molecule has 1 aromatic heterocycles. The van der Waals surface area contributed by atoms with Crippen molar-refractivity contribution in [1.82, 2.24) is 14.1 Å². The molecular formula is C27H23F4N3O2S. The van der Waals surface area contributed by atoms with Gasteiger partial charge in [-0.2, -0.15) is 18.3 Å². The van der Waals surface area contributed by atoms with Crippen molar-refractivity contribution >= 4 is 20.9 Å². The van der Waals surface area contributed by atoms with Crippen LogP contribution in [0.2, 0.25) is 0 Å². The molecule has 2 fully saturated rings. The maximum atomic E-state index is 13.5. The van der Waals surface area contributed by atoms with Crippen molar-refractivity contribution < 1.29 is 26.0 Å². The summed E-state index contributed by atoms with van der Waals surface area (Å²) in [7, 11) is -3.47. The number of hydrogen-bond donors (Lipinski definition) is 0. The van der Waals surface area contributed by atoms with Gasteiger partial charge in [0.2, 0.25) is 10.0 Å². The van der Waals surface area contributed by atoms with Crippen LogP contribution in [0.15, 0.2) is 66.9 Å². The number of aryl methyl sites for hydroxylation is 1. The van der Waals surface area contributed by atoms with Crippen LogP contribution >= 0.6 is 0 Å². The van der Waals surface area contributed by atoms with E-state index in [1.54, 1.807) is 29.1 Å². The highest BCUT2D eigenvalue weighted by atomic mass is 32.2. The van der Waals surface area contributed by atoms with E-state index in [1.807, 2.05) is 19.1 Å². The van der Waals surface area contributed by atoms with Crippen LogP contribution in [-0.4, -0.2) is 41.8 Å². The van der Waals surface area contributed by atoms with Gasteiger partial charge in [0.25, 0.3) is 0 Å². The van der Waals surface area contributed by atoms with Gasteiger partial charge in [0.05, 0.1) is 29.2 Å². The Morgan fingerprint density at radius 1 is 1.05 bits per heavy atom. The van der Waals surface area contributed by atoms with Crippen molar-refractivity contribution in [2.45, 2.75) is 24.4 Å². The number of benzene rings is 3. The second-order valence-corrected chi connectivity index (χ2v) is 12.0. The molecule has 3 atom stereocenters. The first kappa shape index (κ1) is 24.1. The molecule has 0 spiro atoms. The molecule has 0 unspecified atom stereocenters. The summed E-state index contributed by atoms with van der Waals surface area (Å²) in [6, 6.07) is 15.3. The quantitative estimate of drug-likeness (QED) is 0.332. The molecule has 0 amide bonds. The second-order valence-electron chi connectivity index (χ2n) is 10.1. The molecule has 37 heavy (non-hydrogen) atoms. The lowest BCUT2D eigenvalue weighted by Crippen LogP contribution is -2.33. The van der Waals surface area contributed by atoms with Crippen molar-refractivity contribution in [3.05, 3.63) is 94.9 Å². The molecule has 0 bridgehead atoms. The zero-order valence-corrected chi connectivity index (χ0v) is 20.8. The number of halogens is 4. The van der Waals surface area contributed by atoms with Crippen molar-refractivity contribution in [1.29, 1.82) is 0 Å². The van der Waals surface area contributed by atoms with E-state index in [1.165, 1.54) is 28.6 Å². The van der Waals surface area contributed by atoms with Gasteiger partial charge in [-0.1, -0.05) is 18.2 Å². The van der Waals surface area contributed by atoms with Crippen LogP contribution in [0.25, 0.3) is 16.6 Å². The molecule has 3 aromatic carbocycles. The minimum atomic E-state index is -4.46. The lowest BCUT2D eigenvalue weighted by molar-refractivity contribution is -0.137. The Morgan fingerprint density at radius 2 is 1.78 bits per heavy atom. The number of nitrogens with zero attached hydrogens (tertiary/aromatic N) is 3. The lowest BCUT2D eigenvalue weighted by atomic mass is 9.86. The summed E-state index contributed by atoms with van der Waals surface area (Å²) in [5, 5.41) is 5.28. The third-order valence-electron chi connectivity index (χ3n) is 7.88. The van der Waals surface area contributed by atoms with Gasteiger partial charge in [0, 0.05) is 29.8 Å². The third-order valence-corrected chi connectivity index (χ3v) is 9.09. The predicted molar refractivity (Wildman–Crippen MR) is 132 cm³/mol. The van der Waals surface area contributed by atoms with E-state index in [4.69, 9.17) is 0 Å². The zero-order valence-electron chi connectivity index (χ0n) is 20.0. The van der Waals surface area contributed by atoms with Crippen molar-refractivity contribution in [3.63, 3.8) is 0 Å². The van der Waals surface area contributed by atoms with Crippen molar-refractivity contribution in [2.24, 2.45) is 5.92 Å². The third kappa shape index (κ3) is 3.76. The van der Waals surface area contributed by atoms with E-state index >= 15 is 0 Å². The molecular weight excluding hydrogens is 506 g/mol. The summed E-state index contributed by atoms with van der Waals surface area (Å²) in [4.78, 5) is 0. The minimum Gasteiger partial charge on any atom is -0.233 e. The largest absolute Gasteiger partial charge is 0.416 e. The van der Waals surface area contributed by atoms with Gasteiger partial charge >= 0.3 is 6.18 Å². The topological polar surface area (TPSA) is 55.2 Å². The van der Waals surface area contributed by atoms with E-state index < -0.39 is 27.2 Å². The van der Waals surface area contributed by atoms with Crippen LogP contribution in [0, 0.1) is 18.7 Å². The van der Waals surface area contributed by atoms with Crippen LogP contribution in [0.3, 0.4) is 0 Å². The highest BCUT2D eigenvalue weighted by Gasteiger charge is 2.71. The Balaban J connectivity index is 1.47. The molecule has 5 nitrogen and oxygen atoms in total. The molecule has 1 saturated carbocycles. The van der Waals surface area contributed by atoms with Gasteiger partial charge < -0.3 is 0 Å².